The van der Waals surface area contributed by atoms with Gasteiger partial charge in [-0.3, -0.25) is 4.79 Å². The van der Waals surface area contributed by atoms with Gasteiger partial charge in [-0.2, -0.15) is 0 Å². The van der Waals surface area contributed by atoms with Crippen LogP contribution in [0.5, 0.6) is 0 Å². The van der Waals surface area contributed by atoms with Crippen molar-refractivity contribution in [3.05, 3.63) is 48.5 Å². The molecule has 0 aliphatic carbocycles. The third kappa shape index (κ3) is 2.96. The molecule has 0 fully saturated rings. The van der Waals surface area contributed by atoms with Crippen LogP contribution in [0.25, 0.3) is 21.8 Å². The zero-order chi connectivity index (χ0) is 17.1. The Labute approximate surface area is 138 Å². The van der Waals surface area contributed by atoms with Gasteiger partial charge >= 0.3 is 5.97 Å². The molecule has 24 heavy (non-hydrogen) atoms. The summed E-state index contributed by atoms with van der Waals surface area (Å²) in [4.78, 5) is 22.9. The number of rotatable bonds is 6. The highest BCUT2D eigenvalue weighted by Gasteiger charge is 2.19. The van der Waals surface area contributed by atoms with E-state index in [0.717, 1.165) is 21.8 Å². The van der Waals surface area contributed by atoms with Crippen LogP contribution in [0.1, 0.15) is 6.42 Å². The minimum absolute atomic E-state index is 0.131. The predicted octanol–water partition coefficient (Wildman–Crippen LogP) is 1.75. The van der Waals surface area contributed by atoms with Crippen molar-refractivity contribution >= 4 is 33.7 Å². The number of fused-ring (bicyclic) bond motifs is 3. The van der Waals surface area contributed by atoms with Crippen LogP contribution in [0.4, 0.5) is 0 Å². The number of aliphatic carboxylic acids is 1. The van der Waals surface area contributed by atoms with Crippen molar-refractivity contribution in [3.8, 4) is 0 Å². The normalized spacial score (nSPS) is 12.4. The fraction of sp³-hybridized carbons (Fsp3) is 0.222. The number of carbonyl (C=O) groups excluding carboxylic acids is 1. The van der Waals surface area contributed by atoms with Crippen LogP contribution < -0.4 is 5.32 Å². The minimum atomic E-state index is -1.27. The van der Waals surface area contributed by atoms with Crippen molar-refractivity contribution in [2.75, 3.05) is 6.61 Å². The number of carboxylic acid groups (broad SMARTS) is 1. The largest absolute Gasteiger partial charge is 0.480 e. The summed E-state index contributed by atoms with van der Waals surface area (Å²) in [5.41, 5.74) is 2.06. The van der Waals surface area contributed by atoms with Crippen molar-refractivity contribution in [3.63, 3.8) is 0 Å². The molecule has 0 bridgehead atoms. The van der Waals surface area contributed by atoms with E-state index >= 15 is 0 Å². The van der Waals surface area contributed by atoms with Gasteiger partial charge in [0.15, 0.2) is 0 Å². The van der Waals surface area contributed by atoms with E-state index in [4.69, 9.17) is 10.2 Å². The highest BCUT2D eigenvalue weighted by atomic mass is 16.4. The number of para-hydroxylation sites is 2. The Morgan fingerprint density at radius 3 is 2.04 bits per heavy atom. The number of aryl methyl sites for hydroxylation is 1. The lowest BCUT2D eigenvalue weighted by atomic mass is 10.2. The first kappa shape index (κ1) is 16.0. The number of aromatic nitrogens is 1. The number of benzene rings is 2. The van der Waals surface area contributed by atoms with Gasteiger partial charge in [-0.1, -0.05) is 36.4 Å². The number of nitrogens with zero attached hydrogens (tertiary/aromatic N) is 1. The van der Waals surface area contributed by atoms with E-state index in [0.29, 0.717) is 6.54 Å². The first-order valence-electron chi connectivity index (χ1n) is 7.71. The molecule has 0 unspecified atom stereocenters. The number of carbonyl (C=O) groups is 2. The number of nitrogens with one attached hydrogen (secondary N) is 1. The van der Waals surface area contributed by atoms with Crippen LogP contribution in [0, 0.1) is 0 Å². The van der Waals surface area contributed by atoms with E-state index in [9.17, 15) is 9.59 Å². The Morgan fingerprint density at radius 1 is 1.00 bits per heavy atom. The molecular weight excluding hydrogens is 308 g/mol. The molecule has 3 aromatic rings. The number of carboxylic acids is 1. The van der Waals surface area contributed by atoms with Crippen molar-refractivity contribution in [1.29, 1.82) is 0 Å². The summed E-state index contributed by atoms with van der Waals surface area (Å²) < 4.78 is 2.05. The molecule has 0 saturated carbocycles. The fourth-order valence-corrected chi connectivity index (χ4v) is 2.91. The van der Waals surface area contributed by atoms with Gasteiger partial charge < -0.3 is 20.1 Å². The van der Waals surface area contributed by atoms with Gasteiger partial charge in [-0.25, -0.2) is 4.79 Å². The molecule has 0 saturated heterocycles. The van der Waals surface area contributed by atoms with Gasteiger partial charge in [-0.15, -0.1) is 0 Å². The highest BCUT2D eigenvalue weighted by molar-refractivity contribution is 6.08. The Balaban J connectivity index is 1.84. The standard InChI is InChI=1S/C18H18N2O4/c21-11-14(18(23)24)19-17(22)9-10-20-15-7-3-1-5-12(15)13-6-2-4-8-16(13)20/h1-8,14,21H,9-11H2,(H,19,22)(H,23,24)/t14-/m0/s1. The van der Waals surface area contributed by atoms with Gasteiger partial charge in [0.1, 0.15) is 6.04 Å². The van der Waals surface area contributed by atoms with E-state index in [-0.39, 0.29) is 6.42 Å². The van der Waals surface area contributed by atoms with Crippen molar-refractivity contribution in [1.82, 2.24) is 9.88 Å². The lowest BCUT2D eigenvalue weighted by Crippen LogP contribution is -2.43. The molecule has 6 nitrogen and oxygen atoms in total. The smallest absolute Gasteiger partial charge is 0.328 e. The van der Waals surface area contributed by atoms with E-state index in [1.54, 1.807) is 0 Å². The Kier molecular flexibility index (Phi) is 4.48. The van der Waals surface area contributed by atoms with Gasteiger partial charge in [0.25, 0.3) is 0 Å². The monoisotopic (exact) mass is 326 g/mol. The summed E-state index contributed by atoms with van der Waals surface area (Å²) in [7, 11) is 0. The summed E-state index contributed by atoms with van der Waals surface area (Å²) in [6, 6.07) is 14.7. The molecule has 6 heteroatoms. The molecule has 3 N–H and O–H groups in total. The van der Waals surface area contributed by atoms with Crippen molar-refractivity contribution in [2.45, 2.75) is 19.0 Å². The Hall–Kier alpha value is -2.86. The Morgan fingerprint density at radius 2 is 1.54 bits per heavy atom. The average Bonchev–Trinajstić information content (AvgIpc) is 2.91. The summed E-state index contributed by atoms with van der Waals surface area (Å²) in [6.07, 6.45) is 0.131. The molecular formula is C18H18N2O4. The summed E-state index contributed by atoms with van der Waals surface area (Å²) >= 11 is 0. The van der Waals surface area contributed by atoms with Crippen LogP contribution in [0.3, 0.4) is 0 Å². The van der Waals surface area contributed by atoms with Crippen molar-refractivity contribution < 1.29 is 19.8 Å². The second-order valence-corrected chi connectivity index (χ2v) is 5.58. The third-order valence-electron chi connectivity index (χ3n) is 4.06. The quantitative estimate of drug-likeness (QED) is 0.643. The maximum absolute atomic E-state index is 12.0. The summed E-state index contributed by atoms with van der Waals surface area (Å²) in [5.74, 6) is -1.65. The van der Waals surface area contributed by atoms with Crippen LogP contribution in [-0.2, 0) is 16.1 Å². The zero-order valence-electron chi connectivity index (χ0n) is 13.0. The lowest BCUT2D eigenvalue weighted by Gasteiger charge is -2.12. The first-order valence-corrected chi connectivity index (χ1v) is 7.71. The lowest BCUT2D eigenvalue weighted by molar-refractivity contribution is -0.143. The second kappa shape index (κ2) is 6.72. The first-order chi connectivity index (χ1) is 11.6. The fourth-order valence-electron chi connectivity index (χ4n) is 2.91. The van der Waals surface area contributed by atoms with Gasteiger partial charge in [0.2, 0.25) is 5.91 Å². The molecule has 1 amide bonds. The SMILES string of the molecule is O=C(CCn1c2ccccc2c2ccccc21)N[C@@H](CO)C(=O)O. The zero-order valence-corrected chi connectivity index (χ0v) is 13.0. The predicted molar refractivity (Wildman–Crippen MR) is 90.7 cm³/mol. The summed E-state index contributed by atoms with van der Waals surface area (Å²) in [6.45, 7) is -0.200. The average molecular weight is 326 g/mol. The van der Waals surface area contributed by atoms with E-state index in [1.165, 1.54) is 0 Å². The minimum Gasteiger partial charge on any atom is -0.480 e. The molecule has 0 aliphatic rings. The molecule has 1 atom stereocenters. The maximum Gasteiger partial charge on any atom is 0.328 e. The second-order valence-electron chi connectivity index (χ2n) is 5.58. The number of amides is 1. The van der Waals surface area contributed by atoms with Crippen molar-refractivity contribution in [2.24, 2.45) is 0 Å². The number of aliphatic hydroxyl groups excluding tert-OH is 1. The van der Waals surface area contributed by atoms with E-state index in [2.05, 4.69) is 9.88 Å². The Bertz CT molecular complexity index is 847. The molecule has 0 aliphatic heterocycles. The molecule has 124 valence electrons. The van der Waals surface area contributed by atoms with Gasteiger partial charge in [-0.05, 0) is 12.1 Å². The number of hydrogen-bond acceptors (Lipinski definition) is 3. The molecule has 0 spiro atoms. The third-order valence-corrected chi connectivity index (χ3v) is 4.06. The maximum atomic E-state index is 12.0. The molecule has 2 aromatic carbocycles. The van der Waals surface area contributed by atoms with Crippen LogP contribution in [-0.4, -0.2) is 39.3 Å². The highest BCUT2D eigenvalue weighted by Crippen LogP contribution is 2.28. The summed E-state index contributed by atoms with van der Waals surface area (Å²) in [5, 5.41) is 22.4. The van der Waals surface area contributed by atoms with Gasteiger partial charge in [0, 0.05) is 34.8 Å². The topological polar surface area (TPSA) is 91.6 Å². The molecule has 0 radical (unpaired) electrons. The van der Waals surface area contributed by atoms with E-state index in [1.807, 2.05) is 48.5 Å². The number of hydrogen-bond donors (Lipinski definition) is 3. The van der Waals surface area contributed by atoms with Crippen LogP contribution in [0.2, 0.25) is 0 Å². The molecule has 3 rings (SSSR count). The van der Waals surface area contributed by atoms with Gasteiger partial charge in [0.05, 0.1) is 6.61 Å². The number of aliphatic hydroxyl groups is 1. The van der Waals surface area contributed by atoms with Crippen LogP contribution >= 0.6 is 0 Å². The van der Waals surface area contributed by atoms with Crippen LogP contribution in [0.15, 0.2) is 48.5 Å². The van der Waals surface area contributed by atoms with E-state index < -0.39 is 24.5 Å². The molecule has 1 aromatic heterocycles. The molecule has 1 heterocycles.